The number of fused-ring (bicyclic) bond motifs is 9. The lowest BCUT2D eigenvalue weighted by Crippen LogP contribution is -2.22. The summed E-state index contributed by atoms with van der Waals surface area (Å²) >= 11 is 0. The first-order chi connectivity index (χ1) is 29.1. The maximum Gasteiger partial charge on any atom is 0.143 e. The van der Waals surface area contributed by atoms with Crippen molar-refractivity contribution in [3.8, 4) is 33.4 Å². The molecule has 1 aliphatic rings. The highest BCUT2D eigenvalue weighted by molar-refractivity contribution is 6.10. The summed E-state index contributed by atoms with van der Waals surface area (Å²) in [4.78, 5) is 2.34. The van der Waals surface area contributed by atoms with Crippen LogP contribution in [0.2, 0.25) is 0 Å². The summed E-state index contributed by atoms with van der Waals surface area (Å²) < 4.78 is 13.3. The monoisotopic (exact) mass is 755 g/mol. The fraction of sp³-hybridized carbons (Fsp3) is 0.0357. The molecule has 0 saturated heterocycles. The SMILES string of the molecule is CC1(c2cccc3c2oc2ccc(N(c4ccc(-c5ccccc5)cc4)c4ccc(-c5cccc6c5oc5ccccc56)cc4)cc23)c2ccccc2-c2ccccc21. The summed E-state index contributed by atoms with van der Waals surface area (Å²) in [5, 5.41) is 4.45. The van der Waals surface area contributed by atoms with Gasteiger partial charge in [-0.2, -0.15) is 0 Å². The Hall–Kier alpha value is -7.62. The summed E-state index contributed by atoms with van der Waals surface area (Å²) in [5.74, 6) is 0. The van der Waals surface area contributed by atoms with Gasteiger partial charge in [0.2, 0.25) is 0 Å². The number of hydrogen-bond donors (Lipinski definition) is 0. The molecule has 3 heteroatoms. The third-order valence-corrected chi connectivity index (χ3v) is 12.6. The average molecular weight is 756 g/mol. The van der Waals surface area contributed by atoms with Crippen LogP contribution in [-0.2, 0) is 5.41 Å². The van der Waals surface area contributed by atoms with Gasteiger partial charge in [0, 0.05) is 55.1 Å². The Morgan fingerprint density at radius 3 is 1.56 bits per heavy atom. The van der Waals surface area contributed by atoms with Crippen LogP contribution in [0.3, 0.4) is 0 Å². The summed E-state index contributed by atoms with van der Waals surface area (Å²) in [5.41, 5.74) is 17.3. The second-order valence-electron chi connectivity index (χ2n) is 15.8. The summed E-state index contributed by atoms with van der Waals surface area (Å²) in [6.45, 7) is 2.35. The summed E-state index contributed by atoms with van der Waals surface area (Å²) in [6, 6.07) is 73.8. The minimum absolute atomic E-state index is 0.371. The maximum absolute atomic E-state index is 6.90. The predicted molar refractivity (Wildman–Crippen MR) is 244 cm³/mol. The number of para-hydroxylation sites is 3. The number of nitrogens with zero attached hydrogens (tertiary/aromatic N) is 1. The molecule has 2 heterocycles. The van der Waals surface area contributed by atoms with E-state index in [0.29, 0.717) is 0 Å². The molecule has 11 aromatic rings. The molecule has 0 aliphatic heterocycles. The summed E-state index contributed by atoms with van der Waals surface area (Å²) in [6.07, 6.45) is 0. The van der Waals surface area contributed by atoms with Crippen LogP contribution in [0.25, 0.3) is 77.3 Å². The van der Waals surface area contributed by atoms with Crippen LogP contribution in [0.4, 0.5) is 17.1 Å². The number of hydrogen-bond acceptors (Lipinski definition) is 3. The van der Waals surface area contributed by atoms with Gasteiger partial charge >= 0.3 is 0 Å². The second-order valence-corrected chi connectivity index (χ2v) is 15.8. The topological polar surface area (TPSA) is 29.5 Å². The van der Waals surface area contributed by atoms with Gasteiger partial charge in [-0.25, -0.2) is 0 Å². The van der Waals surface area contributed by atoms with Gasteiger partial charge in [0.25, 0.3) is 0 Å². The van der Waals surface area contributed by atoms with Crippen molar-refractivity contribution in [1.29, 1.82) is 0 Å². The molecule has 0 saturated carbocycles. The van der Waals surface area contributed by atoms with E-state index in [4.69, 9.17) is 8.83 Å². The van der Waals surface area contributed by atoms with Crippen molar-refractivity contribution < 1.29 is 8.83 Å². The van der Waals surface area contributed by atoms with Gasteiger partial charge in [0.05, 0.1) is 0 Å². The molecule has 0 fully saturated rings. The lowest BCUT2D eigenvalue weighted by Gasteiger charge is -2.28. The number of benzene rings is 9. The molecule has 3 nitrogen and oxygen atoms in total. The van der Waals surface area contributed by atoms with E-state index in [9.17, 15) is 0 Å². The van der Waals surface area contributed by atoms with E-state index < -0.39 is 0 Å². The molecule has 0 N–H and O–H groups in total. The Morgan fingerprint density at radius 1 is 0.339 bits per heavy atom. The number of rotatable bonds is 6. The quantitative estimate of drug-likeness (QED) is 0.169. The van der Waals surface area contributed by atoms with Crippen molar-refractivity contribution in [1.82, 2.24) is 0 Å². The van der Waals surface area contributed by atoms with E-state index in [1.165, 1.54) is 38.9 Å². The second kappa shape index (κ2) is 13.0. The predicted octanol–water partition coefficient (Wildman–Crippen LogP) is 15.6. The van der Waals surface area contributed by atoms with Crippen LogP contribution in [0.5, 0.6) is 0 Å². The Balaban J connectivity index is 1.00. The first-order valence-electron chi connectivity index (χ1n) is 20.2. The molecule has 0 spiro atoms. The third-order valence-electron chi connectivity index (χ3n) is 12.6. The molecule has 0 amide bonds. The lowest BCUT2D eigenvalue weighted by molar-refractivity contribution is 0.638. The van der Waals surface area contributed by atoms with Crippen molar-refractivity contribution in [2.24, 2.45) is 0 Å². The Labute approximate surface area is 342 Å². The van der Waals surface area contributed by atoms with E-state index in [0.717, 1.165) is 72.1 Å². The number of furan rings is 2. The number of anilines is 3. The van der Waals surface area contributed by atoms with Gasteiger partial charge in [-0.3, -0.25) is 0 Å². The zero-order valence-electron chi connectivity index (χ0n) is 32.4. The molecule has 0 bridgehead atoms. The van der Waals surface area contributed by atoms with Crippen molar-refractivity contribution in [2.75, 3.05) is 4.90 Å². The van der Waals surface area contributed by atoms with Crippen molar-refractivity contribution >= 4 is 60.9 Å². The van der Waals surface area contributed by atoms with Gasteiger partial charge in [-0.15, -0.1) is 0 Å². The van der Waals surface area contributed by atoms with Gasteiger partial charge in [-0.1, -0.05) is 158 Å². The van der Waals surface area contributed by atoms with E-state index in [2.05, 4.69) is 206 Å². The molecular weight excluding hydrogens is 719 g/mol. The zero-order chi connectivity index (χ0) is 39.1. The third kappa shape index (κ3) is 5.08. The smallest absolute Gasteiger partial charge is 0.143 e. The van der Waals surface area contributed by atoms with E-state index in [1.807, 2.05) is 12.1 Å². The molecule has 0 atom stereocenters. The van der Waals surface area contributed by atoms with E-state index in [1.54, 1.807) is 0 Å². The Kier molecular flexibility index (Phi) is 7.36. The van der Waals surface area contributed by atoms with E-state index >= 15 is 0 Å². The molecule has 0 unspecified atom stereocenters. The average Bonchev–Trinajstić information content (AvgIpc) is 3.96. The van der Waals surface area contributed by atoms with Crippen molar-refractivity contribution in [3.63, 3.8) is 0 Å². The fourth-order valence-corrected chi connectivity index (χ4v) is 9.71. The van der Waals surface area contributed by atoms with Crippen LogP contribution >= 0.6 is 0 Å². The van der Waals surface area contributed by atoms with E-state index in [-0.39, 0.29) is 5.41 Å². The molecule has 0 radical (unpaired) electrons. The largest absolute Gasteiger partial charge is 0.456 e. The molecular formula is C56H37NO2. The fourth-order valence-electron chi connectivity index (χ4n) is 9.71. The summed E-state index contributed by atoms with van der Waals surface area (Å²) in [7, 11) is 0. The van der Waals surface area contributed by atoms with Crippen LogP contribution in [0.15, 0.2) is 215 Å². The van der Waals surface area contributed by atoms with Gasteiger partial charge in [-0.05, 0) is 94.4 Å². The van der Waals surface area contributed by atoms with Crippen LogP contribution in [0, 0.1) is 0 Å². The molecule has 278 valence electrons. The van der Waals surface area contributed by atoms with Crippen molar-refractivity contribution in [3.05, 3.63) is 223 Å². The van der Waals surface area contributed by atoms with Crippen LogP contribution < -0.4 is 4.90 Å². The van der Waals surface area contributed by atoms with Gasteiger partial charge in [0.15, 0.2) is 0 Å². The van der Waals surface area contributed by atoms with Crippen molar-refractivity contribution in [2.45, 2.75) is 12.3 Å². The first-order valence-corrected chi connectivity index (χ1v) is 20.2. The molecule has 2 aromatic heterocycles. The molecule has 12 rings (SSSR count). The highest BCUT2D eigenvalue weighted by atomic mass is 16.3. The maximum atomic E-state index is 6.90. The lowest BCUT2D eigenvalue weighted by atomic mass is 9.74. The molecule has 9 aromatic carbocycles. The Morgan fingerprint density at radius 2 is 0.831 bits per heavy atom. The highest BCUT2D eigenvalue weighted by Crippen LogP contribution is 2.54. The minimum atomic E-state index is -0.371. The standard InChI is InChI=1S/C56H37NO2/c1-56(49-21-8-5-15-43(49)44-16-6-9-22-50(44)56)51-23-12-20-47-48-35-41(33-34-53(48)59-55(47)51)57(39-29-25-37(26-30-39)36-13-3-2-4-14-36)40-31-27-38(28-32-40)42-18-11-19-46-45-17-7-10-24-52(45)58-54(42)46/h2-35H,1H3. The highest BCUT2D eigenvalue weighted by Gasteiger charge is 2.42. The van der Waals surface area contributed by atoms with Gasteiger partial charge in [0.1, 0.15) is 22.3 Å². The van der Waals surface area contributed by atoms with Crippen LogP contribution in [0.1, 0.15) is 23.6 Å². The first kappa shape index (κ1) is 33.5. The van der Waals surface area contributed by atoms with Gasteiger partial charge < -0.3 is 13.7 Å². The normalized spacial score (nSPS) is 13.0. The molecule has 1 aliphatic carbocycles. The molecule has 59 heavy (non-hydrogen) atoms. The minimum Gasteiger partial charge on any atom is -0.456 e. The van der Waals surface area contributed by atoms with Crippen LogP contribution in [-0.4, -0.2) is 0 Å². The zero-order valence-corrected chi connectivity index (χ0v) is 32.4. The Bertz CT molecular complexity index is 3340.